The number of nitrogens with zero attached hydrogens (tertiary/aromatic N) is 1. The molecule has 0 saturated heterocycles. The zero-order chi connectivity index (χ0) is 13.6. The Morgan fingerprint density at radius 2 is 1.89 bits per heavy atom. The van der Waals surface area contributed by atoms with Crippen LogP contribution >= 0.6 is 0 Å². The first kappa shape index (κ1) is 16.0. The van der Waals surface area contributed by atoms with Crippen molar-refractivity contribution in [3.8, 4) is 0 Å². The summed E-state index contributed by atoms with van der Waals surface area (Å²) in [6, 6.07) is 0.616. The van der Waals surface area contributed by atoms with Crippen molar-refractivity contribution < 1.29 is 0 Å². The highest BCUT2D eigenvalue weighted by atomic mass is 15.2. The Labute approximate surface area is 114 Å². The number of rotatable bonds is 10. The molecule has 2 nitrogen and oxygen atoms in total. The number of unbranched alkanes of at least 4 members (excludes halogenated alkanes) is 3. The Bertz CT molecular complexity index is 223. The molecule has 1 unspecified atom stereocenters. The molecule has 0 spiro atoms. The van der Waals surface area contributed by atoms with E-state index in [4.69, 9.17) is 5.73 Å². The molecule has 0 radical (unpaired) electrons. The van der Waals surface area contributed by atoms with Gasteiger partial charge in [-0.1, -0.05) is 32.6 Å². The predicted octanol–water partition coefficient (Wildman–Crippen LogP) is 3.79. The monoisotopic (exact) mass is 254 g/mol. The molecular formula is C16H34N2. The number of nitrogens with two attached hydrogens (primary N) is 1. The molecular weight excluding hydrogens is 220 g/mol. The van der Waals surface area contributed by atoms with Crippen LogP contribution in [0.1, 0.15) is 72.6 Å². The first-order chi connectivity index (χ1) is 8.53. The number of hydrogen-bond donors (Lipinski definition) is 1. The summed E-state index contributed by atoms with van der Waals surface area (Å²) in [6.07, 6.45) is 9.49. The molecule has 18 heavy (non-hydrogen) atoms. The normalized spacial score (nSPS) is 19.5. The molecule has 1 aliphatic carbocycles. The van der Waals surface area contributed by atoms with Gasteiger partial charge in [0.15, 0.2) is 0 Å². The fourth-order valence-electron chi connectivity index (χ4n) is 2.93. The first-order valence-corrected chi connectivity index (χ1v) is 8.00. The summed E-state index contributed by atoms with van der Waals surface area (Å²) in [6.45, 7) is 11.4. The van der Waals surface area contributed by atoms with Crippen LogP contribution in [0.5, 0.6) is 0 Å². The van der Waals surface area contributed by atoms with E-state index in [0.29, 0.717) is 6.04 Å². The standard InChI is InChI=1S/C16H34N2/c1-5-6-7-8-11-16(4,13-17)18(14(2)3)12-15-9-10-15/h14-15H,5-13,17H2,1-4H3. The van der Waals surface area contributed by atoms with Gasteiger partial charge >= 0.3 is 0 Å². The van der Waals surface area contributed by atoms with Gasteiger partial charge in [0, 0.05) is 24.7 Å². The van der Waals surface area contributed by atoms with Crippen molar-refractivity contribution in [3.63, 3.8) is 0 Å². The van der Waals surface area contributed by atoms with E-state index < -0.39 is 0 Å². The van der Waals surface area contributed by atoms with Gasteiger partial charge in [0.1, 0.15) is 0 Å². The summed E-state index contributed by atoms with van der Waals surface area (Å²) < 4.78 is 0. The molecule has 0 bridgehead atoms. The highest BCUT2D eigenvalue weighted by molar-refractivity contribution is 4.92. The Hall–Kier alpha value is -0.0800. The van der Waals surface area contributed by atoms with E-state index in [1.165, 1.54) is 51.5 Å². The molecule has 1 aliphatic rings. The summed E-state index contributed by atoms with van der Waals surface area (Å²) in [4.78, 5) is 2.68. The van der Waals surface area contributed by atoms with Gasteiger partial charge in [0.2, 0.25) is 0 Å². The van der Waals surface area contributed by atoms with Crippen LogP contribution in [0.15, 0.2) is 0 Å². The minimum atomic E-state index is 0.213. The maximum atomic E-state index is 6.11. The van der Waals surface area contributed by atoms with E-state index in [-0.39, 0.29) is 5.54 Å². The Morgan fingerprint density at radius 3 is 2.33 bits per heavy atom. The van der Waals surface area contributed by atoms with Crippen LogP contribution in [0.2, 0.25) is 0 Å². The fourth-order valence-corrected chi connectivity index (χ4v) is 2.93. The summed E-state index contributed by atoms with van der Waals surface area (Å²) in [7, 11) is 0. The van der Waals surface area contributed by atoms with Crippen LogP contribution in [0.4, 0.5) is 0 Å². The van der Waals surface area contributed by atoms with Gasteiger partial charge in [0.05, 0.1) is 0 Å². The lowest BCUT2D eigenvalue weighted by Crippen LogP contribution is -2.55. The Kier molecular flexibility index (Phi) is 6.65. The molecule has 2 N–H and O–H groups in total. The highest BCUT2D eigenvalue weighted by Gasteiger charge is 2.35. The SMILES string of the molecule is CCCCCCC(C)(CN)N(CC1CC1)C(C)C. The van der Waals surface area contributed by atoms with Gasteiger partial charge in [0.25, 0.3) is 0 Å². The molecule has 0 aromatic rings. The Morgan fingerprint density at radius 1 is 1.22 bits per heavy atom. The first-order valence-electron chi connectivity index (χ1n) is 8.00. The minimum Gasteiger partial charge on any atom is -0.329 e. The maximum Gasteiger partial charge on any atom is 0.0306 e. The lowest BCUT2D eigenvalue weighted by Gasteiger charge is -2.44. The molecule has 1 rings (SSSR count). The third-order valence-electron chi connectivity index (χ3n) is 4.48. The zero-order valence-corrected chi connectivity index (χ0v) is 13.0. The average molecular weight is 254 g/mol. The molecule has 0 aromatic carbocycles. The van der Waals surface area contributed by atoms with Crippen molar-refractivity contribution in [1.82, 2.24) is 4.90 Å². The van der Waals surface area contributed by atoms with Gasteiger partial charge in [-0.2, -0.15) is 0 Å². The summed E-state index contributed by atoms with van der Waals surface area (Å²) in [5, 5.41) is 0. The molecule has 0 aliphatic heterocycles. The van der Waals surface area contributed by atoms with Crippen molar-refractivity contribution in [2.24, 2.45) is 11.7 Å². The molecule has 1 fully saturated rings. The average Bonchev–Trinajstić information content (AvgIpc) is 3.15. The molecule has 2 heteroatoms. The van der Waals surface area contributed by atoms with E-state index in [1.807, 2.05) is 0 Å². The summed E-state index contributed by atoms with van der Waals surface area (Å²) in [5.41, 5.74) is 6.33. The second-order valence-electron chi connectivity index (χ2n) is 6.70. The van der Waals surface area contributed by atoms with Crippen LogP contribution in [0.25, 0.3) is 0 Å². The third kappa shape index (κ3) is 4.89. The van der Waals surface area contributed by atoms with E-state index in [0.717, 1.165) is 12.5 Å². The van der Waals surface area contributed by atoms with E-state index in [9.17, 15) is 0 Å². The van der Waals surface area contributed by atoms with Crippen LogP contribution in [-0.2, 0) is 0 Å². The lowest BCUT2D eigenvalue weighted by atomic mass is 9.90. The van der Waals surface area contributed by atoms with Crippen LogP contribution in [0.3, 0.4) is 0 Å². The fraction of sp³-hybridized carbons (Fsp3) is 1.00. The van der Waals surface area contributed by atoms with E-state index in [2.05, 4.69) is 32.6 Å². The van der Waals surface area contributed by atoms with Crippen molar-refractivity contribution in [3.05, 3.63) is 0 Å². The molecule has 1 atom stereocenters. The Balaban J connectivity index is 2.50. The van der Waals surface area contributed by atoms with E-state index >= 15 is 0 Å². The maximum absolute atomic E-state index is 6.11. The lowest BCUT2D eigenvalue weighted by molar-refractivity contribution is 0.0609. The second kappa shape index (κ2) is 7.49. The molecule has 0 aromatic heterocycles. The zero-order valence-electron chi connectivity index (χ0n) is 13.0. The van der Waals surface area contributed by atoms with Crippen molar-refractivity contribution >= 4 is 0 Å². The van der Waals surface area contributed by atoms with Gasteiger partial charge in [-0.3, -0.25) is 4.90 Å². The molecule has 108 valence electrons. The van der Waals surface area contributed by atoms with Crippen LogP contribution < -0.4 is 5.73 Å². The van der Waals surface area contributed by atoms with Gasteiger partial charge in [-0.15, -0.1) is 0 Å². The van der Waals surface area contributed by atoms with Gasteiger partial charge < -0.3 is 5.73 Å². The van der Waals surface area contributed by atoms with Crippen molar-refractivity contribution in [2.75, 3.05) is 13.1 Å². The largest absolute Gasteiger partial charge is 0.329 e. The minimum absolute atomic E-state index is 0.213. The summed E-state index contributed by atoms with van der Waals surface area (Å²) >= 11 is 0. The quantitative estimate of drug-likeness (QED) is 0.601. The van der Waals surface area contributed by atoms with Crippen molar-refractivity contribution in [2.45, 2.75) is 84.2 Å². The van der Waals surface area contributed by atoms with E-state index in [1.54, 1.807) is 0 Å². The summed E-state index contributed by atoms with van der Waals surface area (Å²) in [5.74, 6) is 0.953. The third-order valence-corrected chi connectivity index (χ3v) is 4.48. The molecule has 1 saturated carbocycles. The van der Waals surface area contributed by atoms with Crippen LogP contribution in [0, 0.1) is 5.92 Å². The predicted molar refractivity (Wildman–Crippen MR) is 80.8 cm³/mol. The van der Waals surface area contributed by atoms with Gasteiger partial charge in [-0.05, 0) is 46.0 Å². The van der Waals surface area contributed by atoms with Gasteiger partial charge in [-0.25, -0.2) is 0 Å². The van der Waals surface area contributed by atoms with Crippen LogP contribution in [-0.4, -0.2) is 29.6 Å². The topological polar surface area (TPSA) is 29.3 Å². The second-order valence-corrected chi connectivity index (χ2v) is 6.70. The smallest absolute Gasteiger partial charge is 0.0306 e. The number of hydrogen-bond acceptors (Lipinski definition) is 2. The molecule has 0 heterocycles. The highest BCUT2D eigenvalue weighted by Crippen LogP contribution is 2.34. The molecule has 0 amide bonds. The van der Waals surface area contributed by atoms with Crippen molar-refractivity contribution in [1.29, 1.82) is 0 Å².